The number of hydrogen-bond acceptors (Lipinski definition) is 8. The first-order chi connectivity index (χ1) is 41.8. The number of esters is 2. The Hall–Kier alpha value is -4.89. The zero-order valence-corrected chi connectivity index (χ0v) is 54.4. The van der Waals surface area contributed by atoms with Crippen LogP contribution in [0.15, 0.2) is 182 Å². The third kappa shape index (κ3) is 68.1. The second kappa shape index (κ2) is 68.2. The first-order valence-corrected chi connectivity index (χ1v) is 34.8. The topological polar surface area (TPSA) is 134 Å². The molecule has 3 N–H and O–H groups in total. The SMILES string of the molecule is CC/C=C\C/C=C\C/C=C\C/C=C\C/C=C\C/C=C\C/C=C\C/C=C\C/C=C\C/C=C\C/C=C\C/C=C\CCCCC(=O)OC(COC(=O)CCCCCCCCCCCC/C=C\C/C=C\C/C=C\CCCCCCC)COP(=O)(O)OCCN. The van der Waals surface area contributed by atoms with E-state index in [-0.39, 0.29) is 32.6 Å². The lowest BCUT2D eigenvalue weighted by atomic mass is 10.1. The van der Waals surface area contributed by atoms with Crippen LogP contribution in [0, 0.1) is 0 Å². The van der Waals surface area contributed by atoms with E-state index in [9.17, 15) is 19.0 Å². The highest BCUT2D eigenvalue weighted by Gasteiger charge is 2.26. The Labute approximate surface area is 520 Å². The summed E-state index contributed by atoms with van der Waals surface area (Å²) in [6, 6.07) is 0. The lowest BCUT2D eigenvalue weighted by Gasteiger charge is -2.19. The molecular weight excluding hydrogens is 1070 g/mol. The molecule has 10 heteroatoms. The van der Waals surface area contributed by atoms with Gasteiger partial charge in [-0.15, -0.1) is 0 Å². The number of hydrogen-bond donors (Lipinski definition) is 2. The minimum Gasteiger partial charge on any atom is -0.462 e. The van der Waals surface area contributed by atoms with E-state index in [2.05, 4.69) is 196 Å². The third-order valence-corrected chi connectivity index (χ3v) is 14.3. The minimum absolute atomic E-state index is 0.0357. The van der Waals surface area contributed by atoms with E-state index >= 15 is 0 Å². The zero-order chi connectivity index (χ0) is 61.6. The van der Waals surface area contributed by atoms with Crippen LogP contribution >= 0.6 is 7.82 Å². The normalized spacial score (nSPS) is 14.2. The molecule has 9 nitrogen and oxygen atoms in total. The summed E-state index contributed by atoms with van der Waals surface area (Å²) in [6.45, 7) is 3.55. The molecule has 0 aliphatic carbocycles. The van der Waals surface area contributed by atoms with Crippen LogP contribution in [0.3, 0.4) is 0 Å². The number of phosphoric ester groups is 1. The van der Waals surface area contributed by atoms with Gasteiger partial charge in [-0.05, 0) is 141 Å². The molecule has 0 spiro atoms. The smallest absolute Gasteiger partial charge is 0.462 e. The maximum Gasteiger partial charge on any atom is 0.472 e. The highest BCUT2D eigenvalue weighted by Crippen LogP contribution is 2.43. The molecule has 0 heterocycles. The van der Waals surface area contributed by atoms with Crippen molar-refractivity contribution in [3.8, 4) is 0 Å². The van der Waals surface area contributed by atoms with Gasteiger partial charge in [-0.25, -0.2) is 4.57 Å². The summed E-state index contributed by atoms with van der Waals surface area (Å²) in [5.41, 5.74) is 5.39. The lowest BCUT2D eigenvalue weighted by Crippen LogP contribution is -2.29. The minimum atomic E-state index is -4.42. The number of rotatable bonds is 60. The molecule has 0 aromatic heterocycles. The van der Waals surface area contributed by atoms with Gasteiger partial charge in [0.25, 0.3) is 0 Å². The fourth-order valence-electron chi connectivity index (χ4n) is 8.39. The molecule has 0 aliphatic heterocycles. The Morgan fingerprint density at radius 1 is 0.365 bits per heavy atom. The summed E-state index contributed by atoms with van der Waals surface area (Å²) in [4.78, 5) is 35.3. The van der Waals surface area contributed by atoms with Crippen molar-refractivity contribution in [1.29, 1.82) is 0 Å². The molecule has 0 aromatic rings. The molecule has 0 rings (SSSR count). The van der Waals surface area contributed by atoms with E-state index in [1.165, 1.54) is 77.0 Å². The van der Waals surface area contributed by atoms with Crippen LogP contribution in [0.25, 0.3) is 0 Å². The van der Waals surface area contributed by atoms with Crippen LogP contribution in [0.5, 0.6) is 0 Å². The molecule has 0 amide bonds. The average Bonchev–Trinajstić information content (AvgIpc) is 3.53. The van der Waals surface area contributed by atoms with Crippen molar-refractivity contribution in [2.45, 2.75) is 251 Å². The molecule has 0 aromatic carbocycles. The Morgan fingerprint density at radius 2 is 0.647 bits per heavy atom. The predicted octanol–water partition coefficient (Wildman–Crippen LogP) is 22.0. The van der Waals surface area contributed by atoms with E-state index < -0.39 is 32.5 Å². The number of carbonyl (C=O) groups excluding carboxylic acids is 2. The van der Waals surface area contributed by atoms with E-state index in [0.717, 1.165) is 128 Å². The number of unbranched alkanes of at least 4 members (excludes halogenated alkanes) is 17. The van der Waals surface area contributed by atoms with Crippen molar-refractivity contribution in [1.82, 2.24) is 0 Å². The largest absolute Gasteiger partial charge is 0.472 e. The van der Waals surface area contributed by atoms with E-state index in [0.29, 0.717) is 12.8 Å². The standard InChI is InChI=1S/C75H120NO8P/c1-3-5-7-9-11-13-15-17-19-21-23-25-27-29-30-31-32-33-34-35-36-37-38-39-40-41-42-44-46-48-50-52-54-56-58-60-62-64-66-68-75(78)84-73(72-83-85(79,80)82-70-69-76)71-81-74(77)67-65-63-61-59-57-55-53-51-49-47-45-43-28-26-24-22-20-18-16-14-12-10-8-6-4-2/h5,7,11,13,16-19,22-25,28-30,32-33,35-36,38-39,41-43,46,48,52,54,58,60,73H,3-4,6,8-10,12,14-15,20-21,26-27,31,34,37,40,44-45,47,49-51,53,55-57,59,61-72,76H2,1-2H3,(H,79,80)/b7-5-,13-11-,18-16-,19-17-,24-22-,25-23-,30-29-,33-32-,36-35-,39-38-,42-41-,43-28-,48-46-,54-52-,60-58-. The van der Waals surface area contributed by atoms with Gasteiger partial charge in [-0.2, -0.15) is 0 Å². The van der Waals surface area contributed by atoms with E-state index in [4.69, 9.17) is 24.3 Å². The Bertz CT molecular complexity index is 2040. The molecule has 85 heavy (non-hydrogen) atoms. The number of ether oxygens (including phenoxy) is 2. The van der Waals surface area contributed by atoms with Crippen LogP contribution in [0.1, 0.15) is 245 Å². The van der Waals surface area contributed by atoms with Crippen LogP contribution < -0.4 is 5.73 Å². The summed E-state index contributed by atoms with van der Waals surface area (Å²) >= 11 is 0. The molecule has 0 bridgehead atoms. The molecule has 0 saturated carbocycles. The first kappa shape index (κ1) is 80.1. The average molecular weight is 1190 g/mol. The van der Waals surface area contributed by atoms with Gasteiger partial charge >= 0.3 is 19.8 Å². The Morgan fingerprint density at radius 3 is 0.988 bits per heavy atom. The quantitative estimate of drug-likeness (QED) is 0.0264. The van der Waals surface area contributed by atoms with Gasteiger partial charge in [0.15, 0.2) is 6.10 Å². The fraction of sp³-hybridized carbons (Fsp3) is 0.573. The zero-order valence-electron chi connectivity index (χ0n) is 53.5. The van der Waals surface area contributed by atoms with Crippen molar-refractivity contribution >= 4 is 19.8 Å². The molecule has 0 radical (unpaired) electrons. The van der Waals surface area contributed by atoms with Gasteiger partial charge in [-0.3, -0.25) is 18.6 Å². The molecule has 0 saturated heterocycles. The van der Waals surface area contributed by atoms with Gasteiger partial charge in [-0.1, -0.05) is 273 Å². The van der Waals surface area contributed by atoms with E-state index in [1.807, 2.05) is 0 Å². The fourth-order valence-corrected chi connectivity index (χ4v) is 9.15. The molecular formula is C75H120NO8P. The first-order valence-electron chi connectivity index (χ1n) is 33.3. The van der Waals surface area contributed by atoms with Crippen molar-refractivity contribution in [2.75, 3.05) is 26.4 Å². The van der Waals surface area contributed by atoms with Crippen molar-refractivity contribution < 1.29 is 37.6 Å². The van der Waals surface area contributed by atoms with Crippen LogP contribution in [0.2, 0.25) is 0 Å². The van der Waals surface area contributed by atoms with E-state index in [1.54, 1.807) is 0 Å². The summed E-state index contributed by atoms with van der Waals surface area (Å²) in [7, 11) is -4.42. The van der Waals surface area contributed by atoms with Gasteiger partial charge in [0, 0.05) is 19.4 Å². The van der Waals surface area contributed by atoms with Crippen LogP contribution in [-0.4, -0.2) is 49.3 Å². The van der Waals surface area contributed by atoms with Gasteiger partial charge in [0.2, 0.25) is 0 Å². The number of carbonyl (C=O) groups is 2. The summed E-state index contributed by atoms with van der Waals surface area (Å²) in [6.07, 6.45) is 103. The van der Waals surface area contributed by atoms with Crippen molar-refractivity contribution in [2.24, 2.45) is 5.73 Å². The molecule has 0 fully saturated rings. The monoisotopic (exact) mass is 1190 g/mol. The molecule has 478 valence electrons. The third-order valence-electron chi connectivity index (χ3n) is 13.3. The number of nitrogens with two attached hydrogens (primary N) is 1. The van der Waals surface area contributed by atoms with Crippen LogP contribution in [0.4, 0.5) is 0 Å². The second-order valence-electron chi connectivity index (χ2n) is 21.2. The molecule has 0 aliphatic rings. The van der Waals surface area contributed by atoms with Gasteiger partial charge in [0.05, 0.1) is 13.2 Å². The van der Waals surface area contributed by atoms with Crippen molar-refractivity contribution in [3.05, 3.63) is 182 Å². The van der Waals surface area contributed by atoms with Crippen molar-refractivity contribution in [3.63, 3.8) is 0 Å². The summed E-state index contributed by atoms with van der Waals surface area (Å²) in [5.74, 6) is -0.895. The molecule has 2 unspecified atom stereocenters. The Kier molecular flexibility index (Phi) is 64.3. The number of phosphoric acid groups is 1. The molecule has 2 atom stereocenters. The maximum atomic E-state index is 12.7. The maximum absolute atomic E-state index is 12.7. The van der Waals surface area contributed by atoms with Gasteiger partial charge < -0.3 is 20.1 Å². The second-order valence-corrected chi connectivity index (χ2v) is 22.7. The van der Waals surface area contributed by atoms with Crippen LogP contribution in [-0.2, 0) is 32.7 Å². The summed E-state index contributed by atoms with van der Waals surface area (Å²) in [5, 5.41) is 0. The highest BCUT2D eigenvalue weighted by atomic mass is 31.2. The summed E-state index contributed by atoms with van der Waals surface area (Å²) < 4.78 is 33.1. The highest BCUT2D eigenvalue weighted by molar-refractivity contribution is 7.47. The Balaban J connectivity index is 4.10. The predicted molar refractivity (Wildman–Crippen MR) is 366 cm³/mol. The lowest BCUT2D eigenvalue weighted by molar-refractivity contribution is -0.161. The number of allylic oxidation sites excluding steroid dienone is 30. The van der Waals surface area contributed by atoms with Gasteiger partial charge in [0.1, 0.15) is 6.61 Å².